The fraction of sp³-hybridized carbons (Fsp3) is 0.478. The number of hydrogen-bond donors (Lipinski definition) is 1. The predicted molar refractivity (Wildman–Crippen MR) is 124 cm³/mol. The van der Waals surface area contributed by atoms with Gasteiger partial charge in [0.15, 0.2) is 17.3 Å². The summed E-state index contributed by atoms with van der Waals surface area (Å²) >= 11 is 0. The summed E-state index contributed by atoms with van der Waals surface area (Å²) in [4.78, 5) is 0. The molecule has 8 heteroatoms. The van der Waals surface area contributed by atoms with Gasteiger partial charge in [-0.3, -0.25) is 4.57 Å². The van der Waals surface area contributed by atoms with E-state index in [9.17, 15) is 4.57 Å². The predicted octanol–water partition coefficient (Wildman–Crippen LogP) is 6.01. The number of aryl methyl sites for hydroxylation is 3. The van der Waals surface area contributed by atoms with E-state index in [1.165, 1.54) is 0 Å². The van der Waals surface area contributed by atoms with E-state index in [1.54, 1.807) is 47.3 Å². The lowest BCUT2D eigenvalue weighted by atomic mass is 10.0. The molecule has 0 bridgehead atoms. The first kappa shape index (κ1) is 25.1. The molecule has 0 saturated carbocycles. The first-order valence-electron chi connectivity index (χ1n) is 10.3. The zero-order valence-electron chi connectivity index (χ0n) is 19.7. The number of rotatable bonds is 11. The molecule has 1 unspecified atom stereocenters. The molecule has 2 aromatic rings. The average molecular weight is 452 g/mol. The van der Waals surface area contributed by atoms with Crippen LogP contribution >= 0.6 is 7.60 Å². The van der Waals surface area contributed by atoms with Gasteiger partial charge in [0.05, 0.1) is 34.5 Å². The van der Waals surface area contributed by atoms with Crippen LogP contribution in [0.3, 0.4) is 0 Å². The van der Waals surface area contributed by atoms with Gasteiger partial charge >= 0.3 is 7.60 Å². The first-order chi connectivity index (χ1) is 14.7. The van der Waals surface area contributed by atoms with Gasteiger partial charge < -0.3 is 28.6 Å². The monoisotopic (exact) mass is 451 g/mol. The van der Waals surface area contributed by atoms with Crippen LogP contribution in [-0.2, 0) is 13.6 Å². The Balaban J connectivity index is 2.73. The quantitative estimate of drug-likeness (QED) is 0.419. The van der Waals surface area contributed by atoms with Gasteiger partial charge in [-0.15, -0.1) is 0 Å². The van der Waals surface area contributed by atoms with Crippen LogP contribution in [0.4, 0.5) is 5.69 Å². The maximum atomic E-state index is 13.9. The summed E-state index contributed by atoms with van der Waals surface area (Å²) in [6.45, 7) is 10.1. The number of methoxy groups -OCH3 is 3. The van der Waals surface area contributed by atoms with Crippen molar-refractivity contribution in [3.05, 3.63) is 46.5 Å². The molecule has 0 saturated heterocycles. The van der Waals surface area contributed by atoms with Crippen LogP contribution in [0, 0.1) is 20.8 Å². The van der Waals surface area contributed by atoms with Crippen molar-refractivity contribution in [1.82, 2.24) is 0 Å². The van der Waals surface area contributed by atoms with Gasteiger partial charge in [0.1, 0.15) is 0 Å². The van der Waals surface area contributed by atoms with Gasteiger partial charge in [-0.1, -0.05) is 17.7 Å². The lowest BCUT2D eigenvalue weighted by Crippen LogP contribution is -2.17. The zero-order chi connectivity index (χ0) is 23.2. The Kier molecular flexibility index (Phi) is 8.80. The average Bonchev–Trinajstić information content (AvgIpc) is 2.72. The van der Waals surface area contributed by atoms with E-state index >= 15 is 0 Å². The Morgan fingerprint density at radius 3 is 1.71 bits per heavy atom. The zero-order valence-corrected chi connectivity index (χ0v) is 20.6. The Labute approximate surface area is 185 Å². The summed E-state index contributed by atoms with van der Waals surface area (Å²) in [5.41, 5.74) is 4.75. The molecule has 2 rings (SSSR count). The summed E-state index contributed by atoms with van der Waals surface area (Å²) in [5, 5.41) is 3.44. The largest absolute Gasteiger partial charge is 0.493 e. The minimum Gasteiger partial charge on any atom is -0.493 e. The van der Waals surface area contributed by atoms with Crippen molar-refractivity contribution in [2.75, 3.05) is 39.9 Å². The number of ether oxygens (including phenoxy) is 3. The first-order valence-corrected chi connectivity index (χ1v) is 11.9. The van der Waals surface area contributed by atoms with Crippen molar-refractivity contribution < 1.29 is 27.8 Å². The molecule has 0 spiro atoms. The van der Waals surface area contributed by atoms with Crippen LogP contribution in [0.25, 0.3) is 0 Å². The third kappa shape index (κ3) is 5.53. The van der Waals surface area contributed by atoms with Gasteiger partial charge in [0.25, 0.3) is 0 Å². The fourth-order valence-corrected chi connectivity index (χ4v) is 5.59. The molecule has 7 nitrogen and oxygen atoms in total. The van der Waals surface area contributed by atoms with Crippen molar-refractivity contribution in [2.24, 2.45) is 0 Å². The summed E-state index contributed by atoms with van der Waals surface area (Å²) in [5.74, 6) is 0.583. The minimum atomic E-state index is -3.62. The van der Waals surface area contributed by atoms with E-state index in [2.05, 4.69) is 17.4 Å². The second-order valence-electron chi connectivity index (χ2n) is 7.15. The van der Waals surface area contributed by atoms with E-state index in [4.69, 9.17) is 23.3 Å². The third-order valence-electron chi connectivity index (χ3n) is 4.90. The molecular formula is C23H34NO6P. The van der Waals surface area contributed by atoms with Crippen LogP contribution < -0.4 is 19.5 Å². The highest BCUT2D eigenvalue weighted by Gasteiger charge is 2.38. The maximum absolute atomic E-state index is 13.9. The second kappa shape index (κ2) is 10.9. The molecule has 0 aromatic heterocycles. The number of anilines is 1. The van der Waals surface area contributed by atoms with Gasteiger partial charge in [0, 0.05) is 5.69 Å². The molecule has 2 aromatic carbocycles. The van der Waals surface area contributed by atoms with Crippen LogP contribution in [-0.4, -0.2) is 34.5 Å². The molecule has 1 atom stereocenters. The SMILES string of the molecule is CCOP(=O)(OCC)C(Nc1c(C)cc(C)cc1C)c1cc(OC)c(OC)c(OC)c1. The topological polar surface area (TPSA) is 75.3 Å². The molecule has 0 aliphatic rings. The van der Waals surface area contributed by atoms with Gasteiger partial charge in [0.2, 0.25) is 5.75 Å². The molecule has 31 heavy (non-hydrogen) atoms. The summed E-state index contributed by atoms with van der Waals surface area (Å²) in [6.07, 6.45) is 0. The van der Waals surface area contributed by atoms with Crippen molar-refractivity contribution in [3.8, 4) is 17.2 Å². The van der Waals surface area contributed by atoms with Gasteiger partial charge in [-0.25, -0.2) is 0 Å². The Bertz CT molecular complexity index is 888. The number of hydrogen-bond acceptors (Lipinski definition) is 7. The van der Waals surface area contributed by atoms with E-state index in [1.807, 2.05) is 20.8 Å². The van der Waals surface area contributed by atoms with Crippen molar-refractivity contribution in [3.63, 3.8) is 0 Å². The van der Waals surface area contributed by atoms with Crippen molar-refractivity contribution >= 4 is 13.3 Å². The highest BCUT2D eigenvalue weighted by molar-refractivity contribution is 7.54. The molecule has 0 amide bonds. The summed E-state index contributed by atoms with van der Waals surface area (Å²) in [6, 6.07) is 7.69. The Hall–Kier alpha value is -2.21. The van der Waals surface area contributed by atoms with E-state index < -0.39 is 13.4 Å². The molecule has 172 valence electrons. The number of nitrogens with one attached hydrogen (secondary N) is 1. The van der Waals surface area contributed by atoms with Crippen LogP contribution in [0.15, 0.2) is 24.3 Å². The van der Waals surface area contributed by atoms with Gasteiger partial charge in [-0.2, -0.15) is 0 Å². The fourth-order valence-electron chi connectivity index (χ4n) is 3.69. The molecule has 0 fully saturated rings. The smallest absolute Gasteiger partial charge is 0.357 e. The standard InChI is InChI=1S/C23H34NO6P/c1-9-29-31(25,30-10-2)23(24-21-16(4)11-15(3)12-17(21)5)18-13-19(26-6)22(28-8)20(14-18)27-7/h11-14,23-24H,9-10H2,1-8H3. The molecule has 0 aliphatic heterocycles. The van der Waals surface area contributed by atoms with Crippen molar-refractivity contribution in [2.45, 2.75) is 40.4 Å². The molecule has 0 aliphatic carbocycles. The van der Waals surface area contributed by atoms with Crippen LogP contribution in [0.1, 0.15) is 41.9 Å². The highest BCUT2D eigenvalue weighted by atomic mass is 31.2. The van der Waals surface area contributed by atoms with E-state index in [-0.39, 0.29) is 13.2 Å². The number of benzene rings is 2. The summed E-state index contributed by atoms with van der Waals surface area (Å²) in [7, 11) is 1.01. The Morgan fingerprint density at radius 1 is 0.839 bits per heavy atom. The lowest BCUT2D eigenvalue weighted by molar-refractivity contribution is 0.214. The molecular weight excluding hydrogens is 417 g/mol. The normalized spacial score (nSPS) is 12.4. The van der Waals surface area contributed by atoms with Gasteiger partial charge in [-0.05, 0) is 63.4 Å². The van der Waals surface area contributed by atoms with E-state index in [0.29, 0.717) is 22.8 Å². The summed E-state index contributed by atoms with van der Waals surface area (Å²) < 4.78 is 41.9. The minimum absolute atomic E-state index is 0.242. The van der Waals surface area contributed by atoms with E-state index in [0.717, 1.165) is 22.4 Å². The Morgan fingerprint density at radius 2 is 1.32 bits per heavy atom. The molecule has 0 heterocycles. The van der Waals surface area contributed by atoms with Crippen LogP contribution in [0.2, 0.25) is 0 Å². The lowest BCUT2D eigenvalue weighted by Gasteiger charge is -2.30. The second-order valence-corrected chi connectivity index (χ2v) is 9.27. The molecule has 0 radical (unpaired) electrons. The third-order valence-corrected chi connectivity index (χ3v) is 7.19. The maximum Gasteiger partial charge on any atom is 0.357 e. The van der Waals surface area contributed by atoms with Crippen molar-refractivity contribution in [1.29, 1.82) is 0 Å². The highest BCUT2D eigenvalue weighted by Crippen LogP contribution is 2.62. The van der Waals surface area contributed by atoms with Crippen LogP contribution in [0.5, 0.6) is 17.2 Å². The molecule has 1 N–H and O–H groups in total.